The molecule has 1 unspecified atom stereocenters. The van der Waals surface area contributed by atoms with E-state index >= 15 is 0 Å². The minimum atomic E-state index is -0.775. The molecule has 1 saturated heterocycles. The third-order valence-corrected chi connectivity index (χ3v) is 5.22. The first-order valence-corrected chi connectivity index (χ1v) is 9.55. The van der Waals surface area contributed by atoms with Crippen LogP contribution in [-0.4, -0.2) is 67.4 Å². The Labute approximate surface area is 169 Å². The highest BCUT2D eigenvalue weighted by Gasteiger charge is 2.47. The Hall–Kier alpha value is -2.39. The number of allylic oxidation sites excluding steroid dienone is 1. The molecular formula is C19H24N2O6S. The molecule has 8 nitrogen and oxygen atoms in total. The van der Waals surface area contributed by atoms with Gasteiger partial charge in [-0.25, -0.2) is 9.69 Å². The number of nitrogens with zero attached hydrogens (tertiary/aromatic N) is 2. The van der Waals surface area contributed by atoms with Crippen molar-refractivity contribution in [2.24, 2.45) is 0 Å². The maximum absolute atomic E-state index is 13.3. The predicted molar refractivity (Wildman–Crippen MR) is 106 cm³/mol. The molecule has 2 aliphatic rings. The average molecular weight is 408 g/mol. The fourth-order valence-electron chi connectivity index (χ4n) is 3.69. The van der Waals surface area contributed by atoms with Crippen molar-refractivity contribution in [2.75, 3.05) is 38.0 Å². The number of carbonyl (C=O) groups is 2. The number of amides is 2. The Morgan fingerprint density at radius 3 is 2.75 bits per heavy atom. The summed E-state index contributed by atoms with van der Waals surface area (Å²) in [5.74, 6) is 0.0530. The summed E-state index contributed by atoms with van der Waals surface area (Å²) in [6, 6.07) is 2.39. The van der Waals surface area contributed by atoms with Crippen LogP contribution in [0.4, 0.5) is 10.5 Å². The highest BCUT2D eigenvalue weighted by molar-refractivity contribution is 7.80. The maximum Gasteiger partial charge on any atom is 0.416 e. The molecule has 3 rings (SSSR count). The number of rotatable bonds is 4. The zero-order valence-corrected chi connectivity index (χ0v) is 16.9. The molecule has 2 atom stereocenters. The molecule has 0 aromatic heterocycles. The van der Waals surface area contributed by atoms with Gasteiger partial charge >= 0.3 is 6.09 Å². The first-order chi connectivity index (χ1) is 13.5. The lowest BCUT2D eigenvalue weighted by Crippen LogP contribution is -2.52. The number of hydrogen-bond donors (Lipinski definition) is 2. The van der Waals surface area contributed by atoms with Gasteiger partial charge in [0.05, 0.1) is 24.4 Å². The van der Waals surface area contributed by atoms with E-state index in [4.69, 9.17) is 14.2 Å². The summed E-state index contributed by atoms with van der Waals surface area (Å²) < 4.78 is 16.1. The first kappa shape index (κ1) is 20.3. The van der Waals surface area contributed by atoms with Crippen molar-refractivity contribution in [2.45, 2.75) is 25.6 Å². The van der Waals surface area contributed by atoms with E-state index < -0.39 is 12.3 Å². The number of anilines is 1. The van der Waals surface area contributed by atoms with Gasteiger partial charge in [0, 0.05) is 25.5 Å². The number of ether oxygens (including phenoxy) is 3. The van der Waals surface area contributed by atoms with Gasteiger partial charge < -0.3 is 24.2 Å². The standard InChI is InChI=1S/C19H24N2O6S/c1-4-11-7-14-18(26-3)21(19(24)27-5-6-28)13-9-15(22)16(25-2)8-12(13)17(23)20(14)10-11/h4,8-9,14,18,22,28H,5-7,10H2,1-3H3/b11-4+/t14-,18?/m0/s1. The van der Waals surface area contributed by atoms with Crippen LogP contribution in [0.2, 0.25) is 0 Å². The number of methoxy groups -OCH3 is 2. The molecule has 1 fully saturated rings. The number of hydrogen-bond acceptors (Lipinski definition) is 7. The van der Waals surface area contributed by atoms with Crippen LogP contribution in [0.15, 0.2) is 23.8 Å². The predicted octanol–water partition coefficient (Wildman–Crippen LogP) is 2.42. The van der Waals surface area contributed by atoms with E-state index in [2.05, 4.69) is 12.6 Å². The van der Waals surface area contributed by atoms with Crippen LogP contribution in [0.3, 0.4) is 0 Å². The van der Waals surface area contributed by atoms with Gasteiger partial charge in [0.2, 0.25) is 0 Å². The van der Waals surface area contributed by atoms with Crippen LogP contribution >= 0.6 is 12.6 Å². The van der Waals surface area contributed by atoms with Crippen LogP contribution in [0.25, 0.3) is 0 Å². The van der Waals surface area contributed by atoms with Crippen molar-refractivity contribution in [3.05, 3.63) is 29.3 Å². The van der Waals surface area contributed by atoms with Crippen LogP contribution in [0.1, 0.15) is 23.7 Å². The minimum Gasteiger partial charge on any atom is -0.504 e. The van der Waals surface area contributed by atoms with Gasteiger partial charge in [-0.1, -0.05) is 11.6 Å². The van der Waals surface area contributed by atoms with Gasteiger partial charge in [-0.15, -0.1) is 0 Å². The summed E-state index contributed by atoms with van der Waals surface area (Å²) in [4.78, 5) is 29.2. The zero-order valence-electron chi connectivity index (χ0n) is 16.0. The van der Waals surface area contributed by atoms with Crippen molar-refractivity contribution >= 4 is 30.3 Å². The second-order valence-corrected chi connectivity index (χ2v) is 6.97. The largest absolute Gasteiger partial charge is 0.504 e. The molecule has 1 aromatic carbocycles. The molecule has 2 aliphatic heterocycles. The van der Waals surface area contributed by atoms with E-state index in [1.54, 1.807) is 4.90 Å². The molecule has 28 heavy (non-hydrogen) atoms. The van der Waals surface area contributed by atoms with Crippen molar-refractivity contribution < 1.29 is 28.9 Å². The van der Waals surface area contributed by atoms with Crippen molar-refractivity contribution in [1.82, 2.24) is 4.90 Å². The number of fused-ring (bicyclic) bond motifs is 2. The van der Waals surface area contributed by atoms with Gasteiger partial charge in [0.15, 0.2) is 17.7 Å². The number of phenolic OH excluding ortho intramolecular Hbond substituents is 1. The molecule has 0 bridgehead atoms. The van der Waals surface area contributed by atoms with Gasteiger partial charge in [-0.2, -0.15) is 12.6 Å². The van der Waals surface area contributed by atoms with Gasteiger partial charge in [0.25, 0.3) is 5.91 Å². The summed E-state index contributed by atoms with van der Waals surface area (Å²) in [6.45, 7) is 2.47. The lowest BCUT2D eigenvalue weighted by atomic mass is 10.1. The summed E-state index contributed by atoms with van der Waals surface area (Å²) in [7, 11) is 2.88. The van der Waals surface area contributed by atoms with Gasteiger partial charge in [-0.3, -0.25) is 4.79 Å². The molecule has 1 aromatic rings. The Morgan fingerprint density at radius 2 is 2.14 bits per heavy atom. The quantitative estimate of drug-likeness (QED) is 0.588. The van der Waals surface area contributed by atoms with Crippen LogP contribution in [0, 0.1) is 0 Å². The maximum atomic E-state index is 13.3. The molecule has 1 N–H and O–H groups in total. The second kappa shape index (κ2) is 8.32. The van der Waals surface area contributed by atoms with Crippen molar-refractivity contribution in [3.63, 3.8) is 0 Å². The van der Waals surface area contributed by atoms with Gasteiger partial charge in [0.1, 0.15) is 6.61 Å². The zero-order chi connectivity index (χ0) is 20.4. The Bertz CT molecular complexity index is 812. The fourth-order valence-corrected chi connectivity index (χ4v) is 3.78. The van der Waals surface area contributed by atoms with E-state index in [-0.39, 0.29) is 41.3 Å². The molecular weight excluding hydrogens is 384 g/mol. The van der Waals surface area contributed by atoms with Crippen LogP contribution in [-0.2, 0) is 9.47 Å². The summed E-state index contributed by atoms with van der Waals surface area (Å²) in [6.07, 6.45) is 1.10. The molecule has 0 radical (unpaired) electrons. The van der Waals surface area contributed by atoms with E-state index in [1.807, 2.05) is 13.0 Å². The number of phenols is 1. The molecule has 0 aliphatic carbocycles. The highest BCUT2D eigenvalue weighted by atomic mass is 32.1. The average Bonchev–Trinajstić information content (AvgIpc) is 3.10. The van der Waals surface area contributed by atoms with E-state index in [9.17, 15) is 14.7 Å². The third-order valence-electron chi connectivity index (χ3n) is 5.04. The Balaban J connectivity index is 2.18. The van der Waals surface area contributed by atoms with E-state index in [0.717, 1.165) is 5.57 Å². The monoisotopic (exact) mass is 408 g/mol. The third kappa shape index (κ3) is 3.40. The van der Waals surface area contributed by atoms with Crippen molar-refractivity contribution in [1.29, 1.82) is 0 Å². The lowest BCUT2D eigenvalue weighted by molar-refractivity contribution is 0.0271. The number of thiol groups is 1. The molecule has 0 saturated carbocycles. The second-order valence-electron chi connectivity index (χ2n) is 6.53. The molecule has 2 heterocycles. The normalized spacial score (nSPS) is 22.7. The topological polar surface area (TPSA) is 88.5 Å². The van der Waals surface area contributed by atoms with E-state index in [1.165, 1.54) is 31.3 Å². The van der Waals surface area contributed by atoms with Crippen molar-refractivity contribution in [3.8, 4) is 11.5 Å². The smallest absolute Gasteiger partial charge is 0.416 e. The highest BCUT2D eigenvalue weighted by Crippen LogP contribution is 2.42. The van der Waals surface area contributed by atoms with Gasteiger partial charge in [-0.05, 0) is 19.4 Å². The first-order valence-electron chi connectivity index (χ1n) is 8.92. The molecule has 0 spiro atoms. The number of carbonyl (C=O) groups excluding carboxylic acids is 2. The summed E-state index contributed by atoms with van der Waals surface area (Å²) in [5, 5.41) is 10.3. The SMILES string of the molecule is C/C=C1\C[C@H]2C(OC)N(C(=O)OCCS)c3cc(O)c(OC)cc3C(=O)N2C1. The van der Waals surface area contributed by atoms with Crippen LogP contribution < -0.4 is 9.64 Å². The lowest BCUT2D eigenvalue weighted by Gasteiger charge is -2.34. The molecule has 152 valence electrons. The number of benzene rings is 1. The number of aromatic hydroxyl groups is 1. The van der Waals surface area contributed by atoms with Crippen LogP contribution in [0.5, 0.6) is 11.5 Å². The fraction of sp³-hybridized carbons (Fsp3) is 0.474. The summed E-state index contributed by atoms with van der Waals surface area (Å²) >= 11 is 4.07. The summed E-state index contributed by atoms with van der Waals surface area (Å²) in [5.41, 5.74) is 1.54. The molecule has 9 heteroatoms. The van der Waals surface area contributed by atoms with E-state index in [0.29, 0.717) is 18.7 Å². The Kier molecular flexibility index (Phi) is 6.04. The minimum absolute atomic E-state index is 0.106. The Morgan fingerprint density at radius 1 is 1.39 bits per heavy atom. The molecule has 2 amide bonds.